The van der Waals surface area contributed by atoms with Crippen molar-refractivity contribution in [2.75, 3.05) is 12.3 Å². The van der Waals surface area contributed by atoms with Crippen molar-refractivity contribution in [2.45, 2.75) is 71.2 Å². The monoisotopic (exact) mass is 354 g/mol. The Bertz CT molecular complexity index is 511. The van der Waals surface area contributed by atoms with Gasteiger partial charge in [0.25, 0.3) is 0 Å². The summed E-state index contributed by atoms with van der Waals surface area (Å²) in [6, 6.07) is 0.551. The minimum atomic E-state index is 0.551. The van der Waals surface area contributed by atoms with Gasteiger partial charge in [0.15, 0.2) is 5.96 Å². The molecule has 1 saturated carbocycles. The van der Waals surface area contributed by atoms with E-state index in [0.29, 0.717) is 12.6 Å². The van der Waals surface area contributed by atoms with Gasteiger partial charge in [-0.15, -0.1) is 11.3 Å². The van der Waals surface area contributed by atoms with Crippen molar-refractivity contribution in [1.82, 2.24) is 15.6 Å². The fourth-order valence-corrected chi connectivity index (χ4v) is 5.08. The molecule has 0 amide bonds. The number of aryl methyl sites for hydroxylation is 2. The number of aliphatic imine (C=N–C) groups is 1. The highest BCUT2D eigenvalue weighted by atomic mass is 32.2. The molecular formula is C17H30N4S2. The molecule has 2 rings (SSSR count). The molecule has 1 aliphatic carbocycles. The molecule has 0 aliphatic heterocycles. The van der Waals surface area contributed by atoms with Gasteiger partial charge in [0.05, 0.1) is 17.2 Å². The standard InChI is InChI=1S/C17H30N4S2/c1-5-18-17(19-11-16-12(3)20-13(4)23-16)21-14-8-7-9-15(10-14)22-6-2/h14-15H,5-11H2,1-4H3,(H2,18,19,21). The highest BCUT2D eigenvalue weighted by Gasteiger charge is 2.22. The lowest BCUT2D eigenvalue weighted by Gasteiger charge is -2.30. The van der Waals surface area contributed by atoms with Crippen molar-refractivity contribution >= 4 is 29.1 Å². The van der Waals surface area contributed by atoms with Gasteiger partial charge in [-0.3, -0.25) is 0 Å². The number of thiazole rings is 1. The molecule has 130 valence electrons. The van der Waals surface area contributed by atoms with Gasteiger partial charge in [-0.2, -0.15) is 11.8 Å². The van der Waals surface area contributed by atoms with Crippen molar-refractivity contribution < 1.29 is 0 Å². The van der Waals surface area contributed by atoms with Crippen LogP contribution in [0.3, 0.4) is 0 Å². The Hall–Kier alpha value is -0.750. The lowest BCUT2D eigenvalue weighted by Crippen LogP contribution is -2.45. The van der Waals surface area contributed by atoms with Crippen molar-refractivity contribution in [3.05, 3.63) is 15.6 Å². The molecule has 6 heteroatoms. The minimum absolute atomic E-state index is 0.551. The van der Waals surface area contributed by atoms with Crippen LogP contribution >= 0.6 is 23.1 Å². The van der Waals surface area contributed by atoms with Gasteiger partial charge in [-0.25, -0.2) is 9.98 Å². The molecule has 1 heterocycles. The number of guanidine groups is 1. The Morgan fingerprint density at radius 1 is 1.35 bits per heavy atom. The summed E-state index contributed by atoms with van der Waals surface area (Å²) >= 11 is 3.85. The van der Waals surface area contributed by atoms with E-state index < -0.39 is 0 Å². The van der Waals surface area contributed by atoms with E-state index in [9.17, 15) is 0 Å². The van der Waals surface area contributed by atoms with Gasteiger partial charge in [0.1, 0.15) is 0 Å². The summed E-state index contributed by atoms with van der Waals surface area (Å²) in [6.07, 6.45) is 5.19. The van der Waals surface area contributed by atoms with Gasteiger partial charge >= 0.3 is 0 Å². The first-order chi connectivity index (χ1) is 11.1. The first kappa shape index (κ1) is 18.6. The zero-order chi connectivity index (χ0) is 16.7. The smallest absolute Gasteiger partial charge is 0.191 e. The summed E-state index contributed by atoms with van der Waals surface area (Å²) in [5.74, 6) is 2.17. The van der Waals surface area contributed by atoms with E-state index in [1.165, 1.54) is 36.3 Å². The molecule has 2 atom stereocenters. The highest BCUT2D eigenvalue weighted by molar-refractivity contribution is 7.99. The van der Waals surface area contributed by atoms with E-state index in [1.54, 1.807) is 11.3 Å². The second-order valence-electron chi connectivity index (χ2n) is 6.02. The van der Waals surface area contributed by atoms with E-state index >= 15 is 0 Å². The van der Waals surface area contributed by atoms with E-state index in [2.05, 4.69) is 55.1 Å². The first-order valence-corrected chi connectivity index (χ1v) is 10.6. The van der Waals surface area contributed by atoms with Crippen LogP contribution in [0.25, 0.3) is 0 Å². The lowest BCUT2D eigenvalue weighted by molar-refractivity contribution is 0.419. The largest absolute Gasteiger partial charge is 0.357 e. The predicted octanol–water partition coefficient (Wildman–Crippen LogP) is 3.88. The van der Waals surface area contributed by atoms with E-state index in [1.807, 2.05) is 0 Å². The molecule has 2 unspecified atom stereocenters. The summed E-state index contributed by atoms with van der Waals surface area (Å²) in [5, 5.41) is 8.97. The molecule has 1 aliphatic rings. The third-order valence-corrected chi connectivity index (χ3v) is 6.38. The lowest BCUT2D eigenvalue weighted by atomic mass is 9.95. The maximum atomic E-state index is 4.78. The molecule has 2 N–H and O–H groups in total. The maximum absolute atomic E-state index is 4.78. The fourth-order valence-electron chi connectivity index (χ4n) is 3.05. The Morgan fingerprint density at radius 3 is 2.83 bits per heavy atom. The summed E-state index contributed by atoms with van der Waals surface area (Å²) in [4.78, 5) is 10.5. The maximum Gasteiger partial charge on any atom is 0.191 e. The minimum Gasteiger partial charge on any atom is -0.357 e. The molecule has 4 nitrogen and oxygen atoms in total. The molecule has 0 aromatic carbocycles. The van der Waals surface area contributed by atoms with Crippen LogP contribution in [-0.4, -0.2) is 34.5 Å². The van der Waals surface area contributed by atoms with Gasteiger partial charge in [0.2, 0.25) is 0 Å². The van der Waals surface area contributed by atoms with E-state index in [0.717, 1.165) is 28.5 Å². The van der Waals surface area contributed by atoms with Crippen LogP contribution < -0.4 is 10.6 Å². The number of nitrogens with zero attached hydrogens (tertiary/aromatic N) is 2. The number of rotatable bonds is 6. The zero-order valence-corrected chi connectivity index (χ0v) is 16.4. The van der Waals surface area contributed by atoms with E-state index in [-0.39, 0.29) is 0 Å². The van der Waals surface area contributed by atoms with Crippen LogP contribution in [0.2, 0.25) is 0 Å². The molecule has 23 heavy (non-hydrogen) atoms. The van der Waals surface area contributed by atoms with Crippen LogP contribution in [0.5, 0.6) is 0 Å². The third kappa shape index (κ3) is 5.99. The molecule has 1 fully saturated rings. The highest BCUT2D eigenvalue weighted by Crippen LogP contribution is 2.28. The van der Waals surface area contributed by atoms with Crippen LogP contribution in [0.1, 0.15) is 55.1 Å². The Labute approximate surface area is 149 Å². The molecular weight excluding hydrogens is 324 g/mol. The number of thioether (sulfide) groups is 1. The van der Waals surface area contributed by atoms with Crippen molar-refractivity contribution in [1.29, 1.82) is 0 Å². The number of aromatic nitrogens is 1. The normalized spacial score (nSPS) is 22.2. The van der Waals surface area contributed by atoms with Gasteiger partial charge in [-0.1, -0.05) is 13.3 Å². The molecule has 0 spiro atoms. The third-order valence-electron chi connectivity index (χ3n) is 4.09. The average molecular weight is 355 g/mol. The van der Waals surface area contributed by atoms with E-state index in [4.69, 9.17) is 4.99 Å². The van der Waals surface area contributed by atoms with Crippen molar-refractivity contribution in [3.63, 3.8) is 0 Å². The molecule has 0 bridgehead atoms. The van der Waals surface area contributed by atoms with Gasteiger partial charge in [-0.05, 0) is 45.8 Å². The van der Waals surface area contributed by atoms with Crippen LogP contribution in [0, 0.1) is 13.8 Å². The fraction of sp³-hybridized carbons (Fsp3) is 0.765. The van der Waals surface area contributed by atoms with Gasteiger partial charge in [0, 0.05) is 22.7 Å². The topological polar surface area (TPSA) is 49.3 Å². The predicted molar refractivity (Wildman–Crippen MR) is 104 cm³/mol. The second-order valence-corrected chi connectivity index (χ2v) is 8.89. The molecule has 0 radical (unpaired) electrons. The second kappa shape index (κ2) is 9.52. The number of hydrogen-bond donors (Lipinski definition) is 2. The quantitative estimate of drug-likeness (QED) is 0.601. The Kier molecular flexibility index (Phi) is 7.70. The summed E-state index contributed by atoms with van der Waals surface area (Å²) in [7, 11) is 0. The van der Waals surface area contributed by atoms with Crippen molar-refractivity contribution in [3.8, 4) is 0 Å². The number of nitrogens with one attached hydrogen (secondary N) is 2. The van der Waals surface area contributed by atoms with Crippen LogP contribution in [-0.2, 0) is 6.54 Å². The molecule has 0 saturated heterocycles. The van der Waals surface area contributed by atoms with Crippen LogP contribution in [0.15, 0.2) is 4.99 Å². The van der Waals surface area contributed by atoms with Gasteiger partial charge < -0.3 is 10.6 Å². The molecule has 1 aromatic rings. The summed E-state index contributed by atoms with van der Waals surface area (Å²) in [6.45, 7) is 10.1. The average Bonchev–Trinajstić information content (AvgIpc) is 2.84. The zero-order valence-electron chi connectivity index (χ0n) is 14.8. The Balaban J connectivity index is 1.94. The SMILES string of the molecule is CCNC(=NCc1sc(C)nc1C)NC1CCCC(SCC)C1. The first-order valence-electron chi connectivity index (χ1n) is 8.71. The number of hydrogen-bond acceptors (Lipinski definition) is 4. The van der Waals surface area contributed by atoms with Crippen LogP contribution in [0.4, 0.5) is 0 Å². The summed E-state index contributed by atoms with van der Waals surface area (Å²) < 4.78 is 0. The Morgan fingerprint density at radius 2 is 2.17 bits per heavy atom. The van der Waals surface area contributed by atoms with Crippen molar-refractivity contribution in [2.24, 2.45) is 4.99 Å². The molecule has 1 aromatic heterocycles. The summed E-state index contributed by atoms with van der Waals surface area (Å²) in [5.41, 5.74) is 1.11.